The van der Waals surface area contributed by atoms with Gasteiger partial charge in [0.2, 0.25) is 0 Å². The van der Waals surface area contributed by atoms with Crippen LogP contribution < -0.4 is 0 Å². The Morgan fingerprint density at radius 1 is 1.15 bits per heavy atom. The van der Waals surface area contributed by atoms with Crippen LogP contribution in [0.3, 0.4) is 0 Å². The third-order valence-electron chi connectivity index (χ3n) is 2.09. The number of aromatic nitrogens is 2. The van der Waals surface area contributed by atoms with Crippen LogP contribution in [0.5, 0.6) is 0 Å². The normalized spacial score (nSPS) is 10.7. The quantitative estimate of drug-likeness (QED) is 0.703. The molecule has 0 amide bonds. The van der Waals surface area contributed by atoms with Gasteiger partial charge in [0.05, 0.1) is 5.52 Å². The van der Waals surface area contributed by atoms with Gasteiger partial charge < -0.3 is 0 Å². The summed E-state index contributed by atoms with van der Waals surface area (Å²) in [7, 11) is 0. The Kier molecular flexibility index (Phi) is 2.04. The zero-order valence-electron chi connectivity index (χ0n) is 7.50. The number of hydrogen-bond acceptors (Lipinski definition) is 2. The largest absolute Gasteiger partial charge is 0.241 e. The molecule has 2 nitrogen and oxygen atoms in total. The van der Waals surface area contributed by atoms with Crippen molar-refractivity contribution in [1.29, 1.82) is 0 Å². The van der Waals surface area contributed by atoms with Crippen LogP contribution in [0, 0.1) is 13.8 Å². The number of hydrogen-bond donors (Lipinski definition) is 0. The first-order valence-electron chi connectivity index (χ1n) is 4.06. The number of fused-ring (bicyclic) bond motifs is 1. The monoisotopic (exact) mass is 236 g/mol. The van der Waals surface area contributed by atoms with E-state index in [4.69, 9.17) is 0 Å². The van der Waals surface area contributed by atoms with Gasteiger partial charge in [-0.15, -0.1) is 0 Å². The maximum Gasteiger partial charge on any atom is 0.116 e. The molecule has 0 fully saturated rings. The summed E-state index contributed by atoms with van der Waals surface area (Å²) in [6.45, 7) is 4.05. The second-order valence-corrected chi connectivity index (χ2v) is 3.99. The second-order valence-electron chi connectivity index (χ2n) is 3.08. The molecule has 0 N–H and O–H groups in total. The van der Waals surface area contributed by atoms with E-state index in [1.165, 1.54) is 5.56 Å². The summed E-state index contributed by atoms with van der Waals surface area (Å²) in [6.07, 6.45) is 1.61. The molecule has 0 aliphatic carbocycles. The third kappa shape index (κ3) is 1.44. The summed E-state index contributed by atoms with van der Waals surface area (Å²) in [5, 5.41) is 1.12. The Morgan fingerprint density at radius 3 is 2.69 bits per heavy atom. The topological polar surface area (TPSA) is 25.8 Å². The van der Waals surface area contributed by atoms with Crippen molar-refractivity contribution in [2.75, 3.05) is 0 Å². The first-order valence-corrected chi connectivity index (χ1v) is 4.85. The first kappa shape index (κ1) is 8.63. The van der Waals surface area contributed by atoms with Crippen molar-refractivity contribution in [1.82, 2.24) is 9.97 Å². The second kappa shape index (κ2) is 3.07. The number of nitrogens with zero attached hydrogens (tertiary/aromatic N) is 2. The van der Waals surface area contributed by atoms with Gasteiger partial charge in [-0.25, -0.2) is 9.97 Å². The highest BCUT2D eigenvalue weighted by Gasteiger charge is 2.03. The fourth-order valence-corrected chi connectivity index (χ4v) is 2.00. The summed E-state index contributed by atoms with van der Waals surface area (Å²) in [5.41, 5.74) is 3.24. The van der Waals surface area contributed by atoms with Gasteiger partial charge >= 0.3 is 0 Å². The molecule has 0 atom stereocenters. The zero-order valence-corrected chi connectivity index (χ0v) is 9.09. The minimum Gasteiger partial charge on any atom is -0.241 e. The minimum absolute atomic E-state index is 1.02. The maximum absolute atomic E-state index is 4.25. The van der Waals surface area contributed by atoms with Crippen LogP contribution in [0.4, 0.5) is 0 Å². The molecule has 0 aliphatic heterocycles. The fraction of sp³-hybridized carbons (Fsp3) is 0.200. The van der Waals surface area contributed by atoms with Crippen molar-refractivity contribution in [2.45, 2.75) is 13.8 Å². The summed E-state index contributed by atoms with van der Waals surface area (Å²) in [5.74, 6) is 0. The minimum atomic E-state index is 1.02. The molecule has 0 saturated heterocycles. The van der Waals surface area contributed by atoms with E-state index in [2.05, 4.69) is 45.0 Å². The Balaban J connectivity index is 2.94. The van der Waals surface area contributed by atoms with E-state index in [1.54, 1.807) is 6.33 Å². The van der Waals surface area contributed by atoms with Gasteiger partial charge in [0, 0.05) is 15.6 Å². The molecule has 13 heavy (non-hydrogen) atoms. The van der Waals surface area contributed by atoms with E-state index in [0.29, 0.717) is 0 Å². The molecule has 3 heteroatoms. The van der Waals surface area contributed by atoms with Crippen molar-refractivity contribution < 1.29 is 0 Å². The Morgan fingerprint density at radius 2 is 1.92 bits per heavy atom. The maximum atomic E-state index is 4.25. The van der Waals surface area contributed by atoms with Gasteiger partial charge in [0.15, 0.2) is 0 Å². The van der Waals surface area contributed by atoms with E-state index in [9.17, 15) is 0 Å². The standard InChI is InChI=1S/C10H9BrN2/c1-6-3-8(11)4-9-7(2)12-5-13-10(6)9/h3-5H,1-2H3. The molecule has 0 saturated carbocycles. The van der Waals surface area contributed by atoms with Gasteiger partial charge in [0.1, 0.15) is 6.33 Å². The molecule has 0 aliphatic rings. The molecule has 2 rings (SSSR count). The molecular formula is C10H9BrN2. The fourth-order valence-electron chi connectivity index (χ4n) is 1.43. The molecule has 0 spiro atoms. The van der Waals surface area contributed by atoms with Gasteiger partial charge in [-0.05, 0) is 31.5 Å². The van der Waals surface area contributed by atoms with Crippen LogP contribution in [0.15, 0.2) is 22.9 Å². The van der Waals surface area contributed by atoms with Gasteiger partial charge in [-0.1, -0.05) is 15.9 Å². The lowest BCUT2D eigenvalue weighted by Gasteiger charge is -2.03. The van der Waals surface area contributed by atoms with E-state index in [1.807, 2.05) is 6.92 Å². The molecule has 2 aromatic rings. The van der Waals surface area contributed by atoms with E-state index >= 15 is 0 Å². The number of halogens is 1. The van der Waals surface area contributed by atoms with Gasteiger partial charge in [0.25, 0.3) is 0 Å². The van der Waals surface area contributed by atoms with E-state index in [0.717, 1.165) is 21.1 Å². The van der Waals surface area contributed by atoms with Crippen LogP contribution >= 0.6 is 15.9 Å². The average molecular weight is 237 g/mol. The number of aryl methyl sites for hydroxylation is 2. The molecule has 0 radical (unpaired) electrons. The summed E-state index contributed by atoms with van der Waals surface area (Å²) in [6, 6.07) is 4.12. The van der Waals surface area contributed by atoms with Crippen molar-refractivity contribution >= 4 is 26.8 Å². The van der Waals surface area contributed by atoms with Crippen molar-refractivity contribution in [3.8, 4) is 0 Å². The molecule has 0 unspecified atom stereocenters. The predicted molar refractivity (Wildman–Crippen MR) is 56.7 cm³/mol. The average Bonchev–Trinajstić information content (AvgIpc) is 2.07. The van der Waals surface area contributed by atoms with Gasteiger partial charge in [-0.3, -0.25) is 0 Å². The lowest BCUT2D eigenvalue weighted by molar-refractivity contribution is 1.14. The third-order valence-corrected chi connectivity index (χ3v) is 2.55. The SMILES string of the molecule is Cc1ncnc2c(C)cc(Br)cc12. The van der Waals surface area contributed by atoms with E-state index < -0.39 is 0 Å². The Labute approximate surface area is 85.1 Å². The Hall–Kier alpha value is -0.960. The van der Waals surface area contributed by atoms with Crippen LogP contribution in [0.25, 0.3) is 10.9 Å². The molecule has 1 heterocycles. The highest BCUT2D eigenvalue weighted by Crippen LogP contribution is 2.23. The molecule has 0 bridgehead atoms. The predicted octanol–water partition coefficient (Wildman–Crippen LogP) is 3.01. The molecule has 1 aromatic carbocycles. The lowest BCUT2D eigenvalue weighted by Crippen LogP contribution is -1.89. The first-order chi connectivity index (χ1) is 6.18. The van der Waals surface area contributed by atoms with Crippen molar-refractivity contribution in [2.24, 2.45) is 0 Å². The number of rotatable bonds is 0. The lowest BCUT2D eigenvalue weighted by atomic mass is 10.1. The van der Waals surface area contributed by atoms with Crippen LogP contribution in [0.1, 0.15) is 11.3 Å². The van der Waals surface area contributed by atoms with Crippen molar-refractivity contribution in [3.05, 3.63) is 34.2 Å². The smallest absolute Gasteiger partial charge is 0.116 e. The van der Waals surface area contributed by atoms with Crippen LogP contribution in [0.2, 0.25) is 0 Å². The molecule has 1 aromatic heterocycles. The summed E-state index contributed by atoms with van der Waals surface area (Å²) in [4.78, 5) is 8.41. The highest BCUT2D eigenvalue weighted by molar-refractivity contribution is 9.10. The van der Waals surface area contributed by atoms with Gasteiger partial charge in [-0.2, -0.15) is 0 Å². The highest BCUT2D eigenvalue weighted by atomic mass is 79.9. The zero-order chi connectivity index (χ0) is 9.42. The summed E-state index contributed by atoms with van der Waals surface area (Å²) >= 11 is 3.46. The van der Waals surface area contributed by atoms with Crippen LogP contribution in [-0.4, -0.2) is 9.97 Å². The molecular weight excluding hydrogens is 228 g/mol. The summed E-state index contributed by atoms with van der Waals surface area (Å²) < 4.78 is 1.08. The molecule has 66 valence electrons. The Bertz CT molecular complexity index is 466. The van der Waals surface area contributed by atoms with E-state index in [-0.39, 0.29) is 0 Å². The van der Waals surface area contributed by atoms with Crippen molar-refractivity contribution in [3.63, 3.8) is 0 Å². The number of benzene rings is 1. The van der Waals surface area contributed by atoms with Crippen LogP contribution in [-0.2, 0) is 0 Å².